The molecule has 29 heavy (non-hydrogen) atoms. The van der Waals surface area contributed by atoms with E-state index in [1.165, 1.54) is 5.56 Å². The van der Waals surface area contributed by atoms with Gasteiger partial charge in [0.1, 0.15) is 5.75 Å². The van der Waals surface area contributed by atoms with Crippen molar-refractivity contribution in [2.45, 2.75) is 39.2 Å². The summed E-state index contributed by atoms with van der Waals surface area (Å²) < 4.78 is 12.7. The molecule has 1 aliphatic rings. The van der Waals surface area contributed by atoms with Gasteiger partial charge >= 0.3 is 0 Å². The Morgan fingerprint density at radius 3 is 2.90 bits per heavy atom. The zero-order chi connectivity index (χ0) is 20.2. The van der Waals surface area contributed by atoms with Gasteiger partial charge in [0, 0.05) is 6.61 Å². The van der Waals surface area contributed by atoms with Gasteiger partial charge in [-0.1, -0.05) is 41.2 Å². The fourth-order valence-electron chi connectivity index (χ4n) is 3.60. The molecule has 0 bridgehead atoms. The van der Waals surface area contributed by atoms with Gasteiger partial charge in [0.15, 0.2) is 5.13 Å². The lowest BCUT2D eigenvalue weighted by Crippen LogP contribution is -2.38. The summed E-state index contributed by atoms with van der Waals surface area (Å²) in [4.78, 5) is 19.6. The molecule has 3 aromatic rings. The third-order valence-corrected chi connectivity index (χ3v) is 6.19. The highest BCUT2D eigenvalue weighted by Gasteiger charge is 2.26. The Morgan fingerprint density at radius 2 is 2.14 bits per heavy atom. The van der Waals surface area contributed by atoms with Gasteiger partial charge in [-0.3, -0.25) is 9.69 Å². The Kier molecular flexibility index (Phi) is 6.11. The average Bonchev–Trinajstić information content (AvgIpc) is 3.36. The van der Waals surface area contributed by atoms with Crippen LogP contribution in [0.25, 0.3) is 10.2 Å². The first-order valence-electron chi connectivity index (χ1n) is 10.1. The van der Waals surface area contributed by atoms with E-state index in [1.807, 2.05) is 43.3 Å². The maximum Gasteiger partial charge on any atom is 0.232 e. The predicted molar refractivity (Wildman–Crippen MR) is 117 cm³/mol. The number of rotatable bonds is 7. The molecule has 1 saturated heterocycles. The molecular weight excluding hydrogens is 384 g/mol. The summed E-state index contributed by atoms with van der Waals surface area (Å²) in [5, 5.41) is 0.734. The van der Waals surface area contributed by atoms with Crippen molar-refractivity contribution in [2.75, 3.05) is 24.7 Å². The van der Waals surface area contributed by atoms with Crippen molar-refractivity contribution < 1.29 is 14.3 Å². The first kappa shape index (κ1) is 19.9. The third kappa shape index (κ3) is 4.77. The first-order valence-corrected chi connectivity index (χ1v) is 10.9. The Labute approximate surface area is 175 Å². The Morgan fingerprint density at radius 1 is 1.28 bits per heavy atom. The Hall–Kier alpha value is -2.44. The zero-order valence-electron chi connectivity index (χ0n) is 16.9. The molecule has 6 heteroatoms. The molecule has 1 amide bonds. The largest absolute Gasteiger partial charge is 0.493 e. The molecule has 4 rings (SSSR count). The lowest BCUT2D eigenvalue weighted by Gasteiger charge is -2.23. The molecule has 0 spiro atoms. The molecule has 1 fully saturated rings. The lowest BCUT2D eigenvalue weighted by atomic mass is 10.1. The summed E-state index contributed by atoms with van der Waals surface area (Å²) in [7, 11) is 0. The normalized spacial score (nSPS) is 16.3. The van der Waals surface area contributed by atoms with Crippen molar-refractivity contribution in [3.8, 4) is 5.75 Å². The number of carbonyl (C=O) groups excluding carboxylic acids is 1. The van der Waals surface area contributed by atoms with Crippen molar-refractivity contribution in [3.05, 3.63) is 53.6 Å². The van der Waals surface area contributed by atoms with Crippen molar-refractivity contribution in [1.82, 2.24) is 4.98 Å². The molecule has 0 radical (unpaired) electrons. The number of aromatic nitrogens is 1. The molecule has 0 aliphatic carbocycles. The number of benzene rings is 2. The van der Waals surface area contributed by atoms with Crippen molar-refractivity contribution in [1.29, 1.82) is 0 Å². The van der Waals surface area contributed by atoms with Crippen LogP contribution >= 0.6 is 11.3 Å². The number of amides is 1. The van der Waals surface area contributed by atoms with Gasteiger partial charge in [0.25, 0.3) is 0 Å². The standard InChI is InChI=1S/C23H26N2O3S/c1-16-9-10-20(17(2)14-16)28-13-11-22(26)25(15-18-6-5-12-27-18)23-24-19-7-3-4-8-21(19)29-23/h3-4,7-10,14,18H,5-6,11-13,15H2,1-2H3. The van der Waals surface area contributed by atoms with Crippen LogP contribution in [0.3, 0.4) is 0 Å². The van der Waals surface area contributed by atoms with Gasteiger partial charge in [-0.15, -0.1) is 0 Å². The quantitative estimate of drug-likeness (QED) is 0.556. The van der Waals surface area contributed by atoms with Crippen molar-refractivity contribution in [3.63, 3.8) is 0 Å². The molecule has 1 aromatic heterocycles. The molecule has 1 aliphatic heterocycles. The van der Waals surface area contributed by atoms with Crippen LogP contribution in [0.2, 0.25) is 0 Å². The molecule has 152 valence electrons. The monoisotopic (exact) mass is 410 g/mol. The van der Waals surface area contributed by atoms with E-state index in [-0.39, 0.29) is 12.0 Å². The fourth-order valence-corrected chi connectivity index (χ4v) is 4.59. The van der Waals surface area contributed by atoms with Gasteiger partial charge in [-0.2, -0.15) is 0 Å². The summed E-state index contributed by atoms with van der Waals surface area (Å²) >= 11 is 1.55. The molecular formula is C23H26N2O3S. The van der Waals surface area contributed by atoms with E-state index in [0.29, 0.717) is 19.6 Å². The van der Waals surface area contributed by atoms with Gasteiger partial charge in [-0.05, 0) is 50.5 Å². The second-order valence-electron chi connectivity index (χ2n) is 7.47. The van der Waals surface area contributed by atoms with E-state index < -0.39 is 0 Å². The number of thiazole rings is 1. The number of aryl methyl sites for hydroxylation is 2. The second kappa shape index (κ2) is 8.93. The third-order valence-electron chi connectivity index (χ3n) is 5.13. The second-order valence-corrected chi connectivity index (χ2v) is 8.48. The molecule has 0 N–H and O–H groups in total. The highest BCUT2D eigenvalue weighted by atomic mass is 32.1. The minimum Gasteiger partial charge on any atom is -0.493 e. The number of carbonyl (C=O) groups is 1. The van der Waals surface area contributed by atoms with E-state index >= 15 is 0 Å². The Balaban J connectivity index is 1.46. The van der Waals surface area contributed by atoms with E-state index in [1.54, 1.807) is 16.2 Å². The van der Waals surface area contributed by atoms with Crippen LogP contribution in [0.4, 0.5) is 5.13 Å². The minimum atomic E-state index is 0.0179. The maximum absolute atomic E-state index is 13.1. The van der Waals surface area contributed by atoms with Crippen molar-refractivity contribution in [2.24, 2.45) is 0 Å². The van der Waals surface area contributed by atoms with Crippen LogP contribution in [0.1, 0.15) is 30.4 Å². The van der Waals surface area contributed by atoms with Crippen molar-refractivity contribution >= 4 is 32.6 Å². The van der Waals surface area contributed by atoms with Crippen LogP contribution in [0.5, 0.6) is 5.75 Å². The SMILES string of the molecule is Cc1ccc(OCCC(=O)N(CC2CCCO2)c2nc3ccccc3s2)c(C)c1. The smallest absolute Gasteiger partial charge is 0.232 e. The summed E-state index contributed by atoms with van der Waals surface area (Å²) in [5.41, 5.74) is 3.20. The maximum atomic E-state index is 13.1. The van der Waals surface area contributed by atoms with Crippen LogP contribution in [0, 0.1) is 13.8 Å². The lowest BCUT2D eigenvalue weighted by molar-refractivity contribution is -0.119. The highest BCUT2D eigenvalue weighted by Crippen LogP contribution is 2.30. The van der Waals surface area contributed by atoms with E-state index in [4.69, 9.17) is 14.5 Å². The number of ether oxygens (including phenoxy) is 2. The molecule has 2 aromatic carbocycles. The van der Waals surface area contributed by atoms with Gasteiger partial charge < -0.3 is 9.47 Å². The number of hydrogen-bond donors (Lipinski definition) is 0. The number of nitrogens with zero attached hydrogens (tertiary/aromatic N) is 2. The fraction of sp³-hybridized carbons (Fsp3) is 0.391. The molecule has 0 saturated carbocycles. The zero-order valence-corrected chi connectivity index (χ0v) is 17.7. The van der Waals surface area contributed by atoms with Crippen LogP contribution < -0.4 is 9.64 Å². The van der Waals surface area contributed by atoms with Gasteiger partial charge in [-0.25, -0.2) is 4.98 Å². The van der Waals surface area contributed by atoms with E-state index in [9.17, 15) is 4.79 Å². The molecule has 1 unspecified atom stereocenters. The summed E-state index contributed by atoms with van der Waals surface area (Å²) in [6, 6.07) is 14.1. The highest BCUT2D eigenvalue weighted by molar-refractivity contribution is 7.22. The van der Waals surface area contributed by atoms with Crippen LogP contribution in [-0.2, 0) is 9.53 Å². The van der Waals surface area contributed by atoms with E-state index in [0.717, 1.165) is 46.1 Å². The summed E-state index contributed by atoms with van der Waals surface area (Å²) in [6.07, 6.45) is 2.40. The van der Waals surface area contributed by atoms with E-state index in [2.05, 4.69) is 13.0 Å². The molecule has 5 nitrogen and oxygen atoms in total. The topological polar surface area (TPSA) is 51.7 Å². The van der Waals surface area contributed by atoms with Crippen LogP contribution in [-0.4, -0.2) is 36.8 Å². The predicted octanol–water partition coefficient (Wildman–Crippen LogP) is 4.89. The summed E-state index contributed by atoms with van der Waals surface area (Å²) in [6.45, 7) is 5.73. The number of anilines is 1. The Bertz CT molecular complexity index is 962. The minimum absolute atomic E-state index is 0.0179. The molecule has 2 heterocycles. The van der Waals surface area contributed by atoms with Crippen LogP contribution in [0.15, 0.2) is 42.5 Å². The first-order chi connectivity index (χ1) is 14.1. The van der Waals surface area contributed by atoms with Gasteiger partial charge in [0.05, 0.1) is 35.9 Å². The van der Waals surface area contributed by atoms with Gasteiger partial charge in [0.2, 0.25) is 5.91 Å². The number of para-hydroxylation sites is 1. The average molecular weight is 411 g/mol. The number of fused-ring (bicyclic) bond motifs is 1. The summed E-state index contributed by atoms with van der Waals surface area (Å²) in [5.74, 6) is 0.846. The number of hydrogen-bond acceptors (Lipinski definition) is 5. The molecule has 1 atom stereocenters.